The maximum absolute atomic E-state index is 12.0. The Morgan fingerprint density at radius 3 is 1.94 bits per heavy atom. The average Bonchev–Trinajstić information content (AvgIpc) is 2.73. The number of ether oxygens (including phenoxy) is 1. The zero-order chi connectivity index (χ0) is 23.0. The van der Waals surface area contributed by atoms with E-state index < -0.39 is 12.1 Å². The van der Waals surface area contributed by atoms with Gasteiger partial charge in [0.1, 0.15) is 6.10 Å². The van der Waals surface area contributed by atoms with Crippen molar-refractivity contribution in [3.05, 3.63) is 24.3 Å². The third kappa shape index (κ3) is 22.9. The summed E-state index contributed by atoms with van der Waals surface area (Å²) in [5.41, 5.74) is 0. The van der Waals surface area contributed by atoms with Gasteiger partial charge >= 0.3 is 11.9 Å². The van der Waals surface area contributed by atoms with Crippen LogP contribution in [0.15, 0.2) is 24.3 Å². The number of unbranched alkanes of at least 4 members (excludes halogenated alkanes) is 11. The molecular formula is C27H48O4. The van der Waals surface area contributed by atoms with Crippen molar-refractivity contribution in [3.8, 4) is 0 Å². The SMILES string of the molecule is CCCCC/C=C\C/C=C\CCCCCCCC(=O)OC(CCCCCC)CC(=O)O. The van der Waals surface area contributed by atoms with Gasteiger partial charge in [-0.3, -0.25) is 9.59 Å². The first-order chi connectivity index (χ1) is 15.1. The van der Waals surface area contributed by atoms with Crippen LogP contribution in [-0.4, -0.2) is 23.1 Å². The largest absolute Gasteiger partial charge is 0.481 e. The third-order valence-corrected chi connectivity index (χ3v) is 5.41. The van der Waals surface area contributed by atoms with Crippen LogP contribution < -0.4 is 0 Å². The first kappa shape index (κ1) is 29.4. The van der Waals surface area contributed by atoms with Gasteiger partial charge in [-0.05, 0) is 51.4 Å². The van der Waals surface area contributed by atoms with Crippen molar-refractivity contribution in [1.82, 2.24) is 0 Å². The molecule has 0 aliphatic carbocycles. The van der Waals surface area contributed by atoms with Crippen LogP contribution >= 0.6 is 0 Å². The van der Waals surface area contributed by atoms with Crippen molar-refractivity contribution >= 4 is 11.9 Å². The van der Waals surface area contributed by atoms with Crippen molar-refractivity contribution in [2.75, 3.05) is 0 Å². The number of carboxylic acid groups (broad SMARTS) is 1. The number of aliphatic carboxylic acids is 1. The predicted octanol–water partition coefficient (Wildman–Crippen LogP) is 8.16. The summed E-state index contributed by atoms with van der Waals surface area (Å²) in [4.78, 5) is 23.0. The van der Waals surface area contributed by atoms with Crippen molar-refractivity contribution in [2.45, 2.75) is 136 Å². The fourth-order valence-corrected chi connectivity index (χ4v) is 3.52. The van der Waals surface area contributed by atoms with E-state index in [9.17, 15) is 9.59 Å². The molecule has 0 saturated carbocycles. The van der Waals surface area contributed by atoms with E-state index in [4.69, 9.17) is 9.84 Å². The third-order valence-electron chi connectivity index (χ3n) is 5.41. The standard InChI is InChI=1S/C27H48O4/c1-3-5-7-9-10-11-12-13-14-15-16-17-18-19-21-23-27(30)31-25(24-26(28)29)22-20-8-6-4-2/h10-11,13-14,25H,3-9,12,15-24H2,1-2H3,(H,28,29)/b11-10-,14-13-. The number of hydrogen-bond donors (Lipinski definition) is 1. The molecule has 0 aromatic rings. The van der Waals surface area contributed by atoms with Crippen LogP contribution in [-0.2, 0) is 14.3 Å². The average molecular weight is 437 g/mol. The number of allylic oxidation sites excluding steroid dienone is 4. The van der Waals surface area contributed by atoms with E-state index in [0.717, 1.165) is 57.8 Å². The molecule has 1 unspecified atom stereocenters. The lowest BCUT2D eigenvalue weighted by Crippen LogP contribution is -2.21. The summed E-state index contributed by atoms with van der Waals surface area (Å²) in [7, 11) is 0. The van der Waals surface area contributed by atoms with E-state index in [2.05, 4.69) is 38.2 Å². The zero-order valence-corrected chi connectivity index (χ0v) is 20.3. The van der Waals surface area contributed by atoms with Gasteiger partial charge in [0.2, 0.25) is 0 Å². The van der Waals surface area contributed by atoms with E-state index in [1.807, 2.05) is 0 Å². The molecule has 0 aromatic carbocycles. The lowest BCUT2D eigenvalue weighted by Gasteiger charge is -2.16. The second-order valence-electron chi connectivity index (χ2n) is 8.54. The summed E-state index contributed by atoms with van der Waals surface area (Å²) in [6, 6.07) is 0. The molecule has 0 aliphatic rings. The Balaban J connectivity index is 3.67. The second-order valence-corrected chi connectivity index (χ2v) is 8.54. The second kappa shape index (κ2) is 23.1. The molecule has 1 N–H and O–H groups in total. The van der Waals surface area contributed by atoms with Crippen LogP contribution in [0.25, 0.3) is 0 Å². The van der Waals surface area contributed by atoms with Crippen molar-refractivity contribution in [2.24, 2.45) is 0 Å². The number of carbonyl (C=O) groups excluding carboxylic acids is 1. The molecule has 0 spiro atoms. The maximum atomic E-state index is 12.0. The van der Waals surface area contributed by atoms with Gasteiger partial charge in [0, 0.05) is 6.42 Å². The minimum Gasteiger partial charge on any atom is -0.481 e. The Morgan fingerprint density at radius 1 is 0.742 bits per heavy atom. The van der Waals surface area contributed by atoms with Crippen LogP contribution in [0, 0.1) is 0 Å². The van der Waals surface area contributed by atoms with Gasteiger partial charge in [0.15, 0.2) is 0 Å². The van der Waals surface area contributed by atoms with E-state index >= 15 is 0 Å². The molecule has 0 fully saturated rings. The molecule has 0 heterocycles. The highest BCUT2D eigenvalue weighted by Crippen LogP contribution is 2.14. The van der Waals surface area contributed by atoms with Gasteiger partial charge in [0.25, 0.3) is 0 Å². The molecule has 0 saturated heterocycles. The van der Waals surface area contributed by atoms with Gasteiger partial charge in [-0.25, -0.2) is 0 Å². The van der Waals surface area contributed by atoms with E-state index in [1.165, 1.54) is 38.5 Å². The summed E-state index contributed by atoms with van der Waals surface area (Å²) >= 11 is 0. The molecular weight excluding hydrogens is 388 g/mol. The monoisotopic (exact) mass is 436 g/mol. The lowest BCUT2D eigenvalue weighted by atomic mass is 10.1. The van der Waals surface area contributed by atoms with Crippen LogP contribution in [0.1, 0.15) is 129 Å². The first-order valence-electron chi connectivity index (χ1n) is 12.8. The maximum Gasteiger partial charge on any atom is 0.307 e. The van der Waals surface area contributed by atoms with E-state index in [1.54, 1.807) is 0 Å². The van der Waals surface area contributed by atoms with E-state index in [0.29, 0.717) is 12.8 Å². The minimum absolute atomic E-state index is 0.0833. The van der Waals surface area contributed by atoms with Crippen molar-refractivity contribution in [1.29, 1.82) is 0 Å². The Bertz CT molecular complexity index is 482. The minimum atomic E-state index is -0.898. The topological polar surface area (TPSA) is 63.6 Å². The molecule has 0 aromatic heterocycles. The molecule has 180 valence electrons. The molecule has 0 amide bonds. The highest BCUT2D eigenvalue weighted by atomic mass is 16.5. The lowest BCUT2D eigenvalue weighted by molar-refractivity contribution is -0.153. The molecule has 0 bridgehead atoms. The summed E-state index contributed by atoms with van der Waals surface area (Å²) in [6.45, 7) is 4.37. The van der Waals surface area contributed by atoms with Gasteiger partial charge in [-0.1, -0.05) is 89.5 Å². The van der Waals surface area contributed by atoms with Crippen molar-refractivity contribution < 1.29 is 19.4 Å². The smallest absolute Gasteiger partial charge is 0.307 e. The molecule has 31 heavy (non-hydrogen) atoms. The number of esters is 1. The zero-order valence-electron chi connectivity index (χ0n) is 20.3. The van der Waals surface area contributed by atoms with Crippen LogP contribution in [0.4, 0.5) is 0 Å². The van der Waals surface area contributed by atoms with Crippen LogP contribution in [0.2, 0.25) is 0 Å². The number of carboxylic acids is 1. The number of rotatable bonds is 22. The van der Waals surface area contributed by atoms with Gasteiger partial charge < -0.3 is 9.84 Å². The highest BCUT2D eigenvalue weighted by Gasteiger charge is 2.17. The Hall–Kier alpha value is -1.58. The fraction of sp³-hybridized carbons (Fsp3) is 0.778. The normalized spacial score (nSPS) is 12.6. The molecule has 1 atom stereocenters. The van der Waals surface area contributed by atoms with Gasteiger partial charge in [-0.15, -0.1) is 0 Å². The summed E-state index contributed by atoms with van der Waals surface area (Å²) in [6.07, 6.45) is 26.5. The van der Waals surface area contributed by atoms with Crippen LogP contribution in [0.5, 0.6) is 0 Å². The molecule has 0 aliphatic heterocycles. The molecule has 0 radical (unpaired) electrons. The van der Waals surface area contributed by atoms with Gasteiger partial charge in [-0.2, -0.15) is 0 Å². The predicted molar refractivity (Wildman–Crippen MR) is 130 cm³/mol. The molecule has 4 heteroatoms. The first-order valence-corrected chi connectivity index (χ1v) is 12.8. The number of carbonyl (C=O) groups is 2. The fourth-order valence-electron chi connectivity index (χ4n) is 3.52. The van der Waals surface area contributed by atoms with Gasteiger partial charge in [0.05, 0.1) is 6.42 Å². The molecule has 0 rings (SSSR count). The summed E-state index contributed by atoms with van der Waals surface area (Å²) in [5, 5.41) is 9.02. The van der Waals surface area contributed by atoms with Crippen molar-refractivity contribution in [3.63, 3.8) is 0 Å². The Labute approximate surface area is 191 Å². The Morgan fingerprint density at radius 2 is 1.29 bits per heavy atom. The van der Waals surface area contributed by atoms with Crippen LogP contribution in [0.3, 0.4) is 0 Å². The number of hydrogen-bond acceptors (Lipinski definition) is 3. The highest BCUT2D eigenvalue weighted by molar-refractivity contribution is 5.71. The summed E-state index contributed by atoms with van der Waals surface area (Å²) < 4.78 is 5.43. The summed E-state index contributed by atoms with van der Waals surface area (Å²) in [5.74, 6) is -1.14. The van der Waals surface area contributed by atoms with E-state index in [-0.39, 0.29) is 12.4 Å². The Kier molecular flexibility index (Phi) is 21.9. The molecule has 4 nitrogen and oxygen atoms in total. The quantitative estimate of drug-likeness (QED) is 0.106.